The predicted molar refractivity (Wildman–Crippen MR) is 52.3 cm³/mol. The van der Waals surface area contributed by atoms with E-state index in [2.05, 4.69) is 12.1 Å². The molecule has 1 aromatic rings. The molecule has 2 aliphatic rings. The van der Waals surface area contributed by atoms with E-state index in [-0.39, 0.29) is 11.8 Å². The molecule has 3 rings (SSSR count). The first kappa shape index (κ1) is 8.04. The van der Waals surface area contributed by atoms with Crippen LogP contribution in [0.4, 0.5) is 0 Å². The monoisotopic (exact) mass is 188 g/mol. The number of benzene rings is 1. The van der Waals surface area contributed by atoms with Gasteiger partial charge in [0.1, 0.15) is 0 Å². The number of carboxylic acid groups (broad SMARTS) is 1. The Hall–Kier alpha value is -1.31. The smallest absolute Gasteiger partial charge is 0.310 e. The topological polar surface area (TPSA) is 37.3 Å². The van der Waals surface area contributed by atoms with Crippen LogP contribution in [0.15, 0.2) is 24.3 Å². The van der Waals surface area contributed by atoms with Crippen LogP contribution in [0.25, 0.3) is 0 Å². The van der Waals surface area contributed by atoms with E-state index in [1.165, 1.54) is 11.1 Å². The molecule has 72 valence electrons. The van der Waals surface area contributed by atoms with Gasteiger partial charge in [-0.15, -0.1) is 0 Å². The fraction of sp³-hybridized carbons (Fsp3) is 0.417. The van der Waals surface area contributed by atoms with Crippen molar-refractivity contribution in [2.75, 3.05) is 0 Å². The Labute approximate surface area is 82.6 Å². The maximum absolute atomic E-state index is 11.2. The number of rotatable bonds is 1. The average Bonchev–Trinajstić information content (AvgIpc) is 2.88. The van der Waals surface area contributed by atoms with Crippen LogP contribution in [0.1, 0.15) is 36.3 Å². The van der Waals surface area contributed by atoms with Crippen molar-refractivity contribution in [2.45, 2.75) is 25.2 Å². The summed E-state index contributed by atoms with van der Waals surface area (Å²) < 4.78 is 0. The van der Waals surface area contributed by atoms with Gasteiger partial charge in [0.2, 0.25) is 0 Å². The number of aliphatic carboxylic acids is 1. The SMILES string of the molecule is CC1c2ccccc2C2CC12C(=O)O. The number of hydrogen-bond donors (Lipinski definition) is 1. The van der Waals surface area contributed by atoms with Gasteiger partial charge in [-0.05, 0) is 23.5 Å². The molecule has 1 fully saturated rings. The molecule has 2 aliphatic carbocycles. The second-order valence-corrected chi connectivity index (χ2v) is 4.45. The molecule has 14 heavy (non-hydrogen) atoms. The zero-order chi connectivity index (χ0) is 9.92. The van der Waals surface area contributed by atoms with Crippen molar-refractivity contribution in [2.24, 2.45) is 5.41 Å². The van der Waals surface area contributed by atoms with Crippen molar-refractivity contribution in [3.05, 3.63) is 35.4 Å². The summed E-state index contributed by atoms with van der Waals surface area (Å²) >= 11 is 0. The fourth-order valence-electron chi connectivity index (χ4n) is 3.07. The fourth-order valence-corrected chi connectivity index (χ4v) is 3.07. The lowest BCUT2D eigenvalue weighted by molar-refractivity contribution is -0.144. The zero-order valence-corrected chi connectivity index (χ0v) is 8.03. The van der Waals surface area contributed by atoms with Crippen LogP contribution in [-0.2, 0) is 4.79 Å². The summed E-state index contributed by atoms with van der Waals surface area (Å²) in [5.41, 5.74) is 2.05. The van der Waals surface area contributed by atoms with Crippen molar-refractivity contribution in [1.82, 2.24) is 0 Å². The highest BCUT2D eigenvalue weighted by Gasteiger charge is 2.68. The van der Waals surface area contributed by atoms with Crippen molar-refractivity contribution in [3.63, 3.8) is 0 Å². The zero-order valence-electron chi connectivity index (χ0n) is 8.03. The van der Waals surface area contributed by atoms with Gasteiger partial charge in [0.05, 0.1) is 5.41 Å². The Kier molecular flexibility index (Phi) is 1.26. The Morgan fingerprint density at radius 2 is 2.07 bits per heavy atom. The van der Waals surface area contributed by atoms with E-state index in [1.54, 1.807) is 0 Å². The Bertz CT molecular complexity index is 409. The van der Waals surface area contributed by atoms with E-state index >= 15 is 0 Å². The molecule has 0 radical (unpaired) electrons. The second-order valence-electron chi connectivity index (χ2n) is 4.45. The molecule has 2 heteroatoms. The molecule has 3 atom stereocenters. The first-order chi connectivity index (χ1) is 6.68. The summed E-state index contributed by atoms with van der Waals surface area (Å²) in [4.78, 5) is 11.2. The van der Waals surface area contributed by atoms with Gasteiger partial charge in [0.25, 0.3) is 0 Å². The summed E-state index contributed by atoms with van der Waals surface area (Å²) in [5, 5.41) is 9.26. The minimum atomic E-state index is -0.619. The van der Waals surface area contributed by atoms with Gasteiger partial charge in [-0.1, -0.05) is 31.2 Å². The van der Waals surface area contributed by atoms with Gasteiger partial charge in [-0.2, -0.15) is 0 Å². The Balaban J connectivity index is 2.16. The Morgan fingerprint density at radius 1 is 1.43 bits per heavy atom. The van der Waals surface area contributed by atoms with Crippen LogP contribution in [0.3, 0.4) is 0 Å². The molecular weight excluding hydrogens is 176 g/mol. The van der Waals surface area contributed by atoms with Crippen molar-refractivity contribution >= 4 is 5.97 Å². The van der Waals surface area contributed by atoms with Gasteiger partial charge >= 0.3 is 5.97 Å². The van der Waals surface area contributed by atoms with E-state index in [0.29, 0.717) is 0 Å². The summed E-state index contributed by atoms with van der Waals surface area (Å²) in [7, 11) is 0. The number of carboxylic acids is 1. The molecule has 3 unspecified atom stereocenters. The average molecular weight is 188 g/mol. The molecule has 0 aromatic heterocycles. The van der Waals surface area contributed by atoms with E-state index in [0.717, 1.165) is 6.42 Å². The first-order valence-corrected chi connectivity index (χ1v) is 5.00. The highest BCUT2D eigenvalue weighted by Crippen LogP contribution is 2.72. The molecule has 0 aliphatic heterocycles. The maximum atomic E-state index is 11.2. The molecular formula is C12H12O2. The van der Waals surface area contributed by atoms with Gasteiger partial charge in [0, 0.05) is 5.92 Å². The number of fused-ring (bicyclic) bond motifs is 3. The number of hydrogen-bond acceptors (Lipinski definition) is 1. The highest BCUT2D eigenvalue weighted by molar-refractivity contribution is 5.84. The van der Waals surface area contributed by atoms with Gasteiger partial charge in [-0.25, -0.2) is 0 Å². The van der Waals surface area contributed by atoms with Crippen LogP contribution in [0.2, 0.25) is 0 Å². The van der Waals surface area contributed by atoms with Gasteiger partial charge in [-0.3, -0.25) is 4.79 Å². The summed E-state index contributed by atoms with van der Waals surface area (Å²) in [6.07, 6.45) is 0.834. The van der Waals surface area contributed by atoms with Crippen molar-refractivity contribution in [1.29, 1.82) is 0 Å². The molecule has 1 N–H and O–H groups in total. The van der Waals surface area contributed by atoms with Crippen LogP contribution in [0.5, 0.6) is 0 Å². The van der Waals surface area contributed by atoms with E-state index in [4.69, 9.17) is 0 Å². The van der Waals surface area contributed by atoms with E-state index in [1.807, 2.05) is 19.1 Å². The molecule has 0 amide bonds. The third-order valence-corrected chi connectivity index (χ3v) is 4.01. The normalized spacial score (nSPS) is 37.5. The van der Waals surface area contributed by atoms with E-state index < -0.39 is 11.4 Å². The molecule has 0 heterocycles. The summed E-state index contributed by atoms with van der Waals surface area (Å²) in [5.74, 6) is -0.154. The van der Waals surface area contributed by atoms with Crippen molar-refractivity contribution < 1.29 is 9.90 Å². The Morgan fingerprint density at radius 3 is 2.64 bits per heavy atom. The van der Waals surface area contributed by atoms with E-state index in [9.17, 15) is 9.90 Å². The quantitative estimate of drug-likeness (QED) is 0.734. The minimum Gasteiger partial charge on any atom is -0.481 e. The van der Waals surface area contributed by atoms with Crippen LogP contribution < -0.4 is 0 Å². The molecule has 0 spiro atoms. The first-order valence-electron chi connectivity index (χ1n) is 5.00. The van der Waals surface area contributed by atoms with Crippen LogP contribution in [0, 0.1) is 5.41 Å². The second kappa shape index (κ2) is 2.19. The lowest BCUT2D eigenvalue weighted by Gasteiger charge is -2.15. The van der Waals surface area contributed by atoms with Gasteiger partial charge in [0.15, 0.2) is 0 Å². The highest BCUT2D eigenvalue weighted by atomic mass is 16.4. The molecule has 1 aromatic carbocycles. The summed E-state index contributed by atoms with van der Waals surface area (Å²) in [6.45, 7) is 2.04. The predicted octanol–water partition coefficient (Wildman–Crippen LogP) is 2.36. The molecule has 0 saturated heterocycles. The van der Waals surface area contributed by atoms with Crippen molar-refractivity contribution in [3.8, 4) is 0 Å². The minimum absolute atomic E-state index is 0.182. The molecule has 1 saturated carbocycles. The third-order valence-electron chi connectivity index (χ3n) is 4.01. The lowest BCUT2D eigenvalue weighted by atomic mass is 9.89. The largest absolute Gasteiger partial charge is 0.481 e. The summed E-state index contributed by atoms with van der Waals surface area (Å²) in [6, 6.07) is 8.14. The molecule has 2 nitrogen and oxygen atoms in total. The lowest BCUT2D eigenvalue weighted by Crippen LogP contribution is -2.19. The molecule has 0 bridgehead atoms. The maximum Gasteiger partial charge on any atom is 0.310 e. The number of carbonyl (C=O) groups is 1. The standard InChI is InChI=1S/C12H12O2/c1-7-8-4-2-3-5-9(8)10-6-12(7,10)11(13)14/h2-5,7,10H,6H2,1H3,(H,13,14). The van der Waals surface area contributed by atoms with Crippen LogP contribution in [-0.4, -0.2) is 11.1 Å². The third kappa shape index (κ3) is 0.671. The van der Waals surface area contributed by atoms with Gasteiger partial charge < -0.3 is 5.11 Å². The van der Waals surface area contributed by atoms with Crippen LogP contribution >= 0.6 is 0 Å².